The van der Waals surface area contributed by atoms with Gasteiger partial charge in [0.05, 0.1) is 21.3 Å². The third-order valence-electron chi connectivity index (χ3n) is 2.65. The molecule has 5 heteroatoms. The van der Waals surface area contributed by atoms with E-state index in [4.69, 9.17) is 14.2 Å². The van der Waals surface area contributed by atoms with Crippen molar-refractivity contribution in [2.75, 3.05) is 21.3 Å². The van der Waals surface area contributed by atoms with Crippen molar-refractivity contribution in [1.82, 2.24) is 9.97 Å². The van der Waals surface area contributed by atoms with E-state index in [1.165, 1.54) is 0 Å². The number of rotatable bonds is 4. The molecule has 0 saturated heterocycles. The molecule has 0 atom stereocenters. The molecule has 1 N–H and O–H groups in total. The average Bonchev–Trinajstić information content (AvgIpc) is 2.83. The summed E-state index contributed by atoms with van der Waals surface area (Å²) in [5.74, 6) is 2.70. The Morgan fingerprint density at radius 2 is 1.61 bits per heavy atom. The Labute approximate surface area is 106 Å². The van der Waals surface area contributed by atoms with Gasteiger partial charge in [0.1, 0.15) is 28.6 Å². The molecule has 2 rings (SSSR count). The van der Waals surface area contributed by atoms with Crippen LogP contribution in [0.4, 0.5) is 0 Å². The summed E-state index contributed by atoms with van der Waals surface area (Å²) in [5, 5.41) is 0. The second-order valence-corrected chi connectivity index (χ2v) is 3.82. The normalized spacial score (nSPS) is 10.2. The van der Waals surface area contributed by atoms with E-state index < -0.39 is 0 Å². The number of ether oxygens (including phenoxy) is 3. The Morgan fingerprint density at radius 3 is 2.00 bits per heavy atom. The van der Waals surface area contributed by atoms with Gasteiger partial charge in [0.2, 0.25) is 0 Å². The van der Waals surface area contributed by atoms with E-state index in [1.54, 1.807) is 39.7 Å². The maximum Gasteiger partial charge on any atom is 0.145 e. The molecular weight excluding hydrogens is 232 g/mol. The minimum atomic E-state index is 0.653. The zero-order valence-corrected chi connectivity index (χ0v) is 10.9. The van der Waals surface area contributed by atoms with Crippen molar-refractivity contribution in [3.63, 3.8) is 0 Å². The zero-order chi connectivity index (χ0) is 13.1. The highest BCUT2D eigenvalue weighted by molar-refractivity contribution is 5.73. The molecule has 1 heterocycles. The van der Waals surface area contributed by atoms with Crippen molar-refractivity contribution in [2.45, 2.75) is 6.92 Å². The van der Waals surface area contributed by atoms with Crippen LogP contribution in [0.25, 0.3) is 11.4 Å². The topological polar surface area (TPSA) is 56.4 Å². The molecular formula is C13H16N2O3. The summed E-state index contributed by atoms with van der Waals surface area (Å²) in [6.45, 7) is 1.94. The molecule has 0 aliphatic carbocycles. The first kappa shape index (κ1) is 12.3. The van der Waals surface area contributed by atoms with E-state index >= 15 is 0 Å². The summed E-state index contributed by atoms with van der Waals surface area (Å²) in [4.78, 5) is 7.47. The van der Waals surface area contributed by atoms with Crippen molar-refractivity contribution < 1.29 is 14.2 Å². The van der Waals surface area contributed by atoms with Crippen LogP contribution in [0, 0.1) is 6.92 Å². The molecule has 0 amide bonds. The van der Waals surface area contributed by atoms with Crippen LogP contribution in [-0.4, -0.2) is 31.3 Å². The molecule has 18 heavy (non-hydrogen) atoms. The highest BCUT2D eigenvalue weighted by Gasteiger charge is 2.17. The van der Waals surface area contributed by atoms with Gasteiger partial charge in [-0.2, -0.15) is 0 Å². The van der Waals surface area contributed by atoms with E-state index in [9.17, 15) is 0 Å². The summed E-state index contributed by atoms with van der Waals surface area (Å²) >= 11 is 0. The number of imidazole rings is 1. The van der Waals surface area contributed by atoms with Gasteiger partial charge in [0.25, 0.3) is 0 Å². The van der Waals surface area contributed by atoms with Gasteiger partial charge in [-0.25, -0.2) is 4.98 Å². The molecule has 1 aromatic carbocycles. The number of methoxy groups -OCH3 is 3. The third-order valence-corrected chi connectivity index (χ3v) is 2.65. The van der Waals surface area contributed by atoms with E-state index in [0.717, 1.165) is 11.3 Å². The maximum absolute atomic E-state index is 5.37. The van der Waals surface area contributed by atoms with Crippen LogP contribution in [0.5, 0.6) is 17.2 Å². The van der Waals surface area contributed by atoms with Crippen LogP contribution < -0.4 is 14.2 Å². The Kier molecular flexibility index (Phi) is 3.41. The molecule has 0 spiro atoms. The molecule has 96 valence electrons. The van der Waals surface area contributed by atoms with Gasteiger partial charge in [-0.1, -0.05) is 0 Å². The van der Waals surface area contributed by atoms with Gasteiger partial charge < -0.3 is 19.2 Å². The highest BCUT2D eigenvalue weighted by Crippen LogP contribution is 2.40. The van der Waals surface area contributed by atoms with Gasteiger partial charge in [-0.3, -0.25) is 0 Å². The largest absolute Gasteiger partial charge is 0.496 e. The minimum Gasteiger partial charge on any atom is -0.496 e. The van der Waals surface area contributed by atoms with Crippen molar-refractivity contribution in [3.8, 4) is 28.6 Å². The fourth-order valence-electron chi connectivity index (χ4n) is 1.78. The molecule has 0 saturated carbocycles. The smallest absolute Gasteiger partial charge is 0.145 e. The molecule has 1 aromatic heterocycles. The Balaban J connectivity index is 2.63. The van der Waals surface area contributed by atoms with E-state index in [-0.39, 0.29) is 0 Å². The molecule has 0 fully saturated rings. The fourth-order valence-corrected chi connectivity index (χ4v) is 1.78. The maximum atomic E-state index is 5.37. The van der Waals surface area contributed by atoms with Crippen molar-refractivity contribution >= 4 is 0 Å². The van der Waals surface area contributed by atoms with Crippen LogP contribution in [0.15, 0.2) is 18.3 Å². The van der Waals surface area contributed by atoms with Crippen LogP contribution in [0.3, 0.4) is 0 Å². The molecule has 0 radical (unpaired) electrons. The lowest BCUT2D eigenvalue weighted by atomic mass is 10.1. The SMILES string of the molecule is COc1cc(OC)c(-c2ncc(C)[nH]2)c(OC)c1. The first-order valence-electron chi connectivity index (χ1n) is 5.51. The van der Waals surface area contributed by atoms with Crippen LogP contribution in [-0.2, 0) is 0 Å². The van der Waals surface area contributed by atoms with Crippen LogP contribution in [0.2, 0.25) is 0 Å². The van der Waals surface area contributed by atoms with Gasteiger partial charge in [-0.05, 0) is 6.92 Å². The Morgan fingerprint density at radius 1 is 1.00 bits per heavy atom. The number of aromatic amines is 1. The number of aryl methyl sites for hydroxylation is 1. The number of hydrogen-bond donors (Lipinski definition) is 1. The first-order valence-corrected chi connectivity index (χ1v) is 5.51. The Bertz CT molecular complexity index is 524. The standard InChI is InChI=1S/C13H16N2O3/c1-8-7-14-13(15-8)12-10(17-3)5-9(16-2)6-11(12)18-4/h5-7H,1-4H3,(H,14,15). The molecule has 2 aromatic rings. The molecule has 5 nitrogen and oxygen atoms in total. The second kappa shape index (κ2) is 5.00. The van der Waals surface area contributed by atoms with Gasteiger partial charge in [-0.15, -0.1) is 0 Å². The predicted molar refractivity (Wildman–Crippen MR) is 68.4 cm³/mol. The summed E-state index contributed by atoms with van der Waals surface area (Å²) in [6.07, 6.45) is 1.76. The van der Waals surface area contributed by atoms with E-state index in [2.05, 4.69) is 9.97 Å². The van der Waals surface area contributed by atoms with E-state index in [0.29, 0.717) is 23.1 Å². The van der Waals surface area contributed by atoms with Gasteiger partial charge in [0, 0.05) is 24.0 Å². The lowest BCUT2D eigenvalue weighted by Crippen LogP contribution is -1.96. The monoisotopic (exact) mass is 248 g/mol. The Hall–Kier alpha value is -2.17. The molecule has 0 unspecified atom stereocenters. The first-order chi connectivity index (χ1) is 8.69. The van der Waals surface area contributed by atoms with E-state index in [1.807, 2.05) is 6.92 Å². The van der Waals surface area contributed by atoms with Gasteiger partial charge in [0.15, 0.2) is 0 Å². The summed E-state index contributed by atoms with van der Waals surface area (Å²) in [6, 6.07) is 3.60. The van der Waals surface area contributed by atoms with Gasteiger partial charge >= 0.3 is 0 Å². The van der Waals surface area contributed by atoms with Crippen LogP contribution in [0.1, 0.15) is 5.69 Å². The summed E-state index contributed by atoms with van der Waals surface area (Å²) in [7, 11) is 4.81. The number of aromatic nitrogens is 2. The third kappa shape index (κ3) is 2.11. The number of H-pyrrole nitrogens is 1. The van der Waals surface area contributed by atoms with Crippen LogP contribution >= 0.6 is 0 Å². The highest BCUT2D eigenvalue weighted by atomic mass is 16.5. The minimum absolute atomic E-state index is 0.653. The average molecular weight is 248 g/mol. The predicted octanol–water partition coefficient (Wildman–Crippen LogP) is 2.41. The number of nitrogens with zero attached hydrogens (tertiary/aromatic N) is 1. The second-order valence-electron chi connectivity index (χ2n) is 3.82. The lowest BCUT2D eigenvalue weighted by Gasteiger charge is -2.13. The summed E-state index contributed by atoms with van der Waals surface area (Å²) in [5.41, 5.74) is 1.76. The molecule has 0 aliphatic heterocycles. The number of nitrogens with one attached hydrogen (secondary N) is 1. The van der Waals surface area contributed by atoms with Crippen molar-refractivity contribution in [3.05, 3.63) is 24.0 Å². The van der Waals surface area contributed by atoms with Crippen molar-refractivity contribution in [1.29, 1.82) is 0 Å². The lowest BCUT2D eigenvalue weighted by molar-refractivity contribution is 0.377. The zero-order valence-electron chi connectivity index (χ0n) is 10.9. The molecule has 0 aliphatic rings. The number of benzene rings is 1. The number of hydrogen-bond acceptors (Lipinski definition) is 4. The molecule has 0 bridgehead atoms. The fraction of sp³-hybridized carbons (Fsp3) is 0.308. The summed E-state index contributed by atoms with van der Waals surface area (Å²) < 4.78 is 16.0. The van der Waals surface area contributed by atoms with Crippen molar-refractivity contribution in [2.24, 2.45) is 0 Å². The quantitative estimate of drug-likeness (QED) is 0.902.